The van der Waals surface area contributed by atoms with Crippen molar-refractivity contribution in [3.63, 3.8) is 0 Å². The molecule has 0 N–H and O–H groups in total. The fraction of sp³-hybridized carbons (Fsp3) is 0.350. The Labute approximate surface area is 165 Å². The van der Waals surface area contributed by atoms with Crippen molar-refractivity contribution in [1.29, 1.82) is 0 Å². The van der Waals surface area contributed by atoms with Gasteiger partial charge in [-0.15, -0.1) is 0 Å². The molecule has 0 aromatic heterocycles. The summed E-state index contributed by atoms with van der Waals surface area (Å²) in [6.45, 7) is 2.06. The molecule has 0 spiro atoms. The number of halogens is 1. The molecule has 8 heteroatoms. The van der Waals surface area contributed by atoms with Crippen LogP contribution in [0.5, 0.6) is 5.75 Å². The van der Waals surface area contributed by atoms with Crippen molar-refractivity contribution in [3.05, 3.63) is 59.9 Å². The molecule has 0 aliphatic heterocycles. The maximum atomic E-state index is 13.3. The molecule has 0 unspecified atom stereocenters. The Balaban J connectivity index is 2.28. The highest BCUT2D eigenvalue weighted by Gasteiger charge is 2.33. The Kier molecular flexibility index (Phi) is 7.01. The molecular formula is C20H25FN2O4S. The summed E-state index contributed by atoms with van der Waals surface area (Å²) in [6.07, 6.45) is 1.31. The van der Waals surface area contributed by atoms with Gasteiger partial charge < -0.3 is 9.64 Å². The van der Waals surface area contributed by atoms with Crippen LogP contribution in [-0.4, -0.2) is 45.7 Å². The van der Waals surface area contributed by atoms with Crippen LogP contribution in [0.15, 0.2) is 48.5 Å². The van der Waals surface area contributed by atoms with Gasteiger partial charge in [0.1, 0.15) is 17.6 Å². The van der Waals surface area contributed by atoms with Gasteiger partial charge in [0.05, 0.1) is 19.1 Å². The van der Waals surface area contributed by atoms with Crippen molar-refractivity contribution in [1.82, 2.24) is 4.90 Å². The number of hydrogen-bond acceptors (Lipinski definition) is 4. The Morgan fingerprint density at radius 3 is 2.14 bits per heavy atom. The minimum Gasteiger partial charge on any atom is -0.497 e. The van der Waals surface area contributed by atoms with Crippen molar-refractivity contribution in [3.8, 4) is 5.75 Å². The van der Waals surface area contributed by atoms with Crippen LogP contribution >= 0.6 is 0 Å². The van der Waals surface area contributed by atoms with E-state index in [0.29, 0.717) is 12.3 Å². The monoisotopic (exact) mass is 408 g/mol. The fourth-order valence-corrected chi connectivity index (χ4v) is 4.17. The van der Waals surface area contributed by atoms with Gasteiger partial charge in [0, 0.05) is 13.6 Å². The third-order valence-electron chi connectivity index (χ3n) is 4.35. The first-order chi connectivity index (χ1) is 13.2. The summed E-state index contributed by atoms with van der Waals surface area (Å²) in [4.78, 5) is 14.5. The summed E-state index contributed by atoms with van der Waals surface area (Å²) in [5, 5.41) is 0. The molecule has 1 atom stereocenters. The number of rotatable bonds is 8. The number of nitrogens with zero attached hydrogens (tertiary/aromatic N) is 2. The Morgan fingerprint density at radius 2 is 1.68 bits per heavy atom. The van der Waals surface area contributed by atoms with E-state index in [0.717, 1.165) is 16.1 Å². The van der Waals surface area contributed by atoms with Gasteiger partial charge in [-0.1, -0.05) is 19.1 Å². The van der Waals surface area contributed by atoms with Gasteiger partial charge in [-0.2, -0.15) is 0 Å². The molecule has 0 saturated heterocycles. The highest BCUT2D eigenvalue weighted by atomic mass is 32.2. The molecule has 2 aromatic rings. The first-order valence-electron chi connectivity index (χ1n) is 8.80. The zero-order valence-corrected chi connectivity index (χ0v) is 17.2. The van der Waals surface area contributed by atoms with Crippen LogP contribution in [0.3, 0.4) is 0 Å². The van der Waals surface area contributed by atoms with Gasteiger partial charge >= 0.3 is 0 Å². The summed E-state index contributed by atoms with van der Waals surface area (Å²) in [5.74, 6) is -0.106. The first-order valence-corrected chi connectivity index (χ1v) is 10.6. The lowest BCUT2D eigenvalue weighted by atomic mass is 10.1. The summed E-state index contributed by atoms with van der Waals surface area (Å²) in [6, 6.07) is 11.4. The summed E-state index contributed by atoms with van der Waals surface area (Å²) in [5.41, 5.74) is 1.14. The van der Waals surface area contributed by atoms with Crippen molar-refractivity contribution in [2.24, 2.45) is 0 Å². The Bertz CT molecular complexity index is 899. The minimum atomic E-state index is -3.76. The number of carbonyl (C=O) groups excluding carboxylic acids is 1. The van der Waals surface area contributed by atoms with Crippen molar-refractivity contribution >= 4 is 21.6 Å². The van der Waals surface area contributed by atoms with E-state index in [1.165, 1.54) is 29.2 Å². The van der Waals surface area contributed by atoms with E-state index in [9.17, 15) is 17.6 Å². The van der Waals surface area contributed by atoms with Crippen LogP contribution in [0.1, 0.15) is 18.9 Å². The Hall–Kier alpha value is -2.61. The van der Waals surface area contributed by atoms with Gasteiger partial charge in [0.15, 0.2) is 0 Å². The van der Waals surface area contributed by atoms with Crippen LogP contribution in [0, 0.1) is 5.82 Å². The van der Waals surface area contributed by atoms with Gasteiger partial charge in [0.2, 0.25) is 15.9 Å². The minimum absolute atomic E-state index is 0.252. The quantitative estimate of drug-likeness (QED) is 0.673. The number of ether oxygens (including phenoxy) is 1. The van der Waals surface area contributed by atoms with Crippen LogP contribution in [0.2, 0.25) is 0 Å². The molecular weight excluding hydrogens is 383 g/mol. The number of likely N-dealkylation sites (N-methyl/N-ethyl adjacent to an activating group) is 1. The SMILES string of the molecule is CC[C@@H](C(=O)N(C)Cc1ccc(OC)cc1)N(c1ccc(F)cc1)S(C)(=O)=O. The molecule has 0 aliphatic carbocycles. The molecule has 28 heavy (non-hydrogen) atoms. The molecule has 2 rings (SSSR count). The van der Waals surface area contributed by atoms with E-state index in [1.54, 1.807) is 33.2 Å². The van der Waals surface area contributed by atoms with Gasteiger partial charge in [-0.25, -0.2) is 12.8 Å². The zero-order valence-electron chi connectivity index (χ0n) is 16.4. The maximum absolute atomic E-state index is 13.3. The van der Waals surface area contributed by atoms with Gasteiger partial charge in [-0.05, 0) is 48.4 Å². The smallest absolute Gasteiger partial charge is 0.246 e. The van der Waals surface area contributed by atoms with Crippen LogP contribution < -0.4 is 9.04 Å². The van der Waals surface area contributed by atoms with Crippen molar-refractivity contribution in [2.45, 2.75) is 25.9 Å². The average molecular weight is 408 g/mol. The normalized spacial score (nSPS) is 12.3. The zero-order chi connectivity index (χ0) is 20.9. The van der Waals surface area contributed by atoms with E-state index in [4.69, 9.17) is 4.74 Å². The fourth-order valence-electron chi connectivity index (χ4n) is 2.97. The third-order valence-corrected chi connectivity index (χ3v) is 5.53. The first kappa shape index (κ1) is 21.7. The van der Waals surface area contributed by atoms with Gasteiger partial charge in [0.25, 0.3) is 0 Å². The highest BCUT2D eigenvalue weighted by Crippen LogP contribution is 2.24. The molecule has 1 amide bonds. The molecule has 0 aliphatic rings. The second-order valence-electron chi connectivity index (χ2n) is 6.50. The van der Waals surface area contributed by atoms with Gasteiger partial charge in [-0.3, -0.25) is 9.10 Å². The predicted octanol–water partition coefficient (Wildman–Crippen LogP) is 3.04. The van der Waals surface area contributed by atoms with Crippen molar-refractivity contribution < 1.29 is 22.3 Å². The lowest BCUT2D eigenvalue weighted by molar-refractivity contribution is -0.131. The molecule has 0 fully saturated rings. The Morgan fingerprint density at radius 1 is 1.11 bits per heavy atom. The molecule has 0 radical (unpaired) electrons. The molecule has 0 bridgehead atoms. The van der Waals surface area contributed by atoms with Crippen LogP contribution in [0.25, 0.3) is 0 Å². The number of amides is 1. The maximum Gasteiger partial charge on any atom is 0.246 e. The second-order valence-corrected chi connectivity index (χ2v) is 8.36. The van der Waals surface area contributed by atoms with E-state index in [1.807, 2.05) is 12.1 Å². The lowest BCUT2D eigenvalue weighted by Crippen LogP contribution is -2.49. The second kappa shape index (κ2) is 9.05. The highest BCUT2D eigenvalue weighted by molar-refractivity contribution is 7.92. The number of methoxy groups -OCH3 is 1. The number of carbonyl (C=O) groups is 1. The predicted molar refractivity (Wildman–Crippen MR) is 107 cm³/mol. The van der Waals surface area contributed by atoms with E-state index in [-0.39, 0.29) is 18.0 Å². The van der Waals surface area contributed by atoms with Crippen molar-refractivity contribution in [2.75, 3.05) is 24.7 Å². The van der Waals surface area contributed by atoms with E-state index < -0.39 is 21.9 Å². The molecule has 0 saturated carbocycles. The molecule has 152 valence electrons. The topological polar surface area (TPSA) is 66.9 Å². The van der Waals surface area contributed by atoms with Crippen LogP contribution in [0.4, 0.5) is 10.1 Å². The molecule has 6 nitrogen and oxygen atoms in total. The molecule has 2 aromatic carbocycles. The number of hydrogen-bond donors (Lipinski definition) is 0. The largest absolute Gasteiger partial charge is 0.497 e. The van der Waals surface area contributed by atoms with E-state index >= 15 is 0 Å². The third kappa shape index (κ3) is 5.22. The average Bonchev–Trinajstić information content (AvgIpc) is 2.66. The number of sulfonamides is 1. The molecule has 0 heterocycles. The standard InChI is InChI=1S/C20H25FN2O4S/c1-5-19(23(28(4,25)26)17-10-8-16(21)9-11-17)20(24)22(2)14-15-6-12-18(27-3)13-7-15/h6-13,19H,5,14H2,1-4H3/t19-/m0/s1. The number of benzene rings is 2. The van der Waals surface area contributed by atoms with Crippen LogP contribution in [-0.2, 0) is 21.4 Å². The van der Waals surface area contributed by atoms with E-state index in [2.05, 4.69) is 0 Å². The number of anilines is 1. The lowest BCUT2D eigenvalue weighted by Gasteiger charge is -2.32. The summed E-state index contributed by atoms with van der Waals surface area (Å²) < 4.78 is 44.3. The summed E-state index contributed by atoms with van der Waals surface area (Å²) >= 11 is 0. The summed E-state index contributed by atoms with van der Waals surface area (Å²) in [7, 11) is -0.555.